The van der Waals surface area contributed by atoms with Gasteiger partial charge in [0.25, 0.3) is 0 Å². The largest absolute Gasteiger partial charge is 0.494 e. The molecule has 18 aromatic rings. The first-order valence-electron chi connectivity index (χ1n) is 40.2. The van der Waals surface area contributed by atoms with Crippen LogP contribution in [0.3, 0.4) is 0 Å². The summed E-state index contributed by atoms with van der Waals surface area (Å²) in [7, 11) is -7.47. The number of rotatable bonds is 17. The summed E-state index contributed by atoms with van der Waals surface area (Å²) in [5.41, 5.74) is 21.2. The van der Waals surface area contributed by atoms with E-state index in [-0.39, 0.29) is 29.1 Å². The molecule has 1 aliphatic heterocycles. The molecule has 22 heteroatoms. The van der Waals surface area contributed by atoms with Crippen molar-refractivity contribution in [2.24, 2.45) is 0 Å². The number of fused-ring (bicyclic) bond motifs is 4. The first-order valence-corrected chi connectivity index (χ1v) is 41.6. The predicted octanol–water partition coefficient (Wildman–Crippen LogP) is 26.8. The summed E-state index contributed by atoms with van der Waals surface area (Å²) in [5.74, 6) is -14.8. The quantitative estimate of drug-likeness (QED) is 0.0489. The third-order valence-electron chi connectivity index (χ3n) is 22.6. The normalized spacial score (nSPS) is 13.4. The van der Waals surface area contributed by atoms with Crippen LogP contribution in [0.1, 0.15) is 27.7 Å². The molecule has 0 aliphatic carbocycles. The molecule has 0 radical (unpaired) electrons. The summed E-state index contributed by atoms with van der Waals surface area (Å²) < 4.78 is 162. The molecule has 19 rings (SSSR count). The van der Waals surface area contributed by atoms with Crippen LogP contribution in [0.4, 0.5) is 39.5 Å². The molecule has 1 fully saturated rings. The van der Waals surface area contributed by atoms with Gasteiger partial charge in [-0.05, 0) is 130 Å². The molecule has 622 valence electrons. The molecular weight excluding hydrogens is 1630 g/mol. The van der Waals surface area contributed by atoms with Crippen molar-refractivity contribution in [3.63, 3.8) is 0 Å². The Labute approximate surface area is 720 Å². The number of hydrogen-bond donors (Lipinski definition) is 0. The van der Waals surface area contributed by atoms with Gasteiger partial charge in [0.1, 0.15) is 0 Å². The zero-order chi connectivity index (χ0) is 87.8. The number of aromatic nitrogens is 6. The molecule has 0 unspecified atom stereocenters. The summed E-state index contributed by atoms with van der Waals surface area (Å²) >= 11 is 0. The van der Waals surface area contributed by atoms with Gasteiger partial charge in [0, 0.05) is 73.1 Å². The van der Waals surface area contributed by atoms with Crippen molar-refractivity contribution >= 4 is 66.1 Å². The number of nitrogens with zero attached hydrogens (tertiary/aromatic N) is 6. The van der Waals surface area contributed by atoms with E-state index in [9.17, 15) is 47.9 Å². The molecule has 1 aliphatic rings. The zero-order valence-corrected chi connectivity index (χ0v) is 68.7. The van der Waals surface area contributed by atoms with E-state index in [1.54, 1.807) is 24.3 Å². The monoisotopic (exact) mass is 1700 g/mol. The first kappa shape index (κ1) is 83.9. The topological polar surface area (TPSA) is 139 Å². The van der Waals surface area contributed by atoms with Crippen LogP contribution in [0.5, 0.6) is 5.75 Å². The number of benzene rings is 14. The highest BCUT2D eigenvalue weighted by Crippen LogP contribution is 2.56. The van der Waals surface area contributed by atoms with E-state index in [4.69, 9.17) is 29.2 Å². The van der Waals surface area contributed by atoms with Gasteiger partial charge in [0.2, 0.25) is 0 Å². The van der Waals surface area contributed by atoms with E-state index in [0.29, 0.717) is 39.7 Å². The van der Waals surface area contributed by atoms with E-state index in [1.165, 1.54) is 51.7 Å². The Balaban J connectivity index is 0.000000141. The van der Waals surface area contributed by atoms with Gasteiger partial charge < -0.3 is 13.5 Å². The van der Waals surface area contributed by atoms with Crippen molar-refractivity contribution < 1.29 is 61.4 Å². The van der Waals surface area contributed by atoms with Gasteiger partial charge in [-0.2, -0.15) is 47.9 Å². The van der Waals surface area contributed by atoms with Gasteiger partial charge in [0.05, 0.1) is 45.0 Å². The van der Waals surface area contributed by atoms with Crippen LogP contribution in [0, 0.1) is 0 Å². The lowest BCUT2D eigenvalue weighted by Gasteiger charge is -2.32. The lowest BCUT2D eigenvalue weighted by molar-refractivity contribution is -0.382. The number of alkyl halides is 9. The number of hydrogen-bond acceptors (Lipinski definition) is 11. The maximum atomic E-state index is 14.4. The molecule has 1 saturated heterocycles. The second-order valence-corrected chi connectivity index (χ2v) is 32.7. The highest BCUT2D eigenvalue weighted by molar-refractivity contribution is 7.88. The Bertz CT molecular complexity index is 7010. The fourth-order valence-electron chi connectivity index (χ4n) is 15.2. The van der Waals surface area contributed by atoms with Crippen LogP contribution in [-0.2, 0) is 19.4 Å². The molecular formula is C104H74BF9N6O5S. The van der Waals surface area contributed by atoms with Crippen LogP contribution < -0.4 is 9.65 Å². The van der Waals surface area contributed by atoms with Crippen molar-refractivity contribution in [1.29, 1.82) is 0 Å². The summed E-state index contributed by atoms with van der Waals surface area (Å²) in [5, 5.41) is -2.38. The molecule has 4 aromatic heterocycles. The highest BCUT2D eigenvalue weighted by atomic mass is 32.2. The van der Waals surface area contributed by atoms with E-state index in [0.717, 1.165) is 106 Å². The lowest BCUT2D eigenvalue weighted by atomic mass is 9.78. The summed E-state index contributed by atoms with van der Waals surface area (Å²) in [6.07, 6.45) is -3.51. The SMILES string of the molecule is CC1(C)OB(c2ccc(-c3cccc4cccnc34)cc2)OC1(C)C.O=S(=O)(Oc1ccc(-c2ccc(-c3nc(-c4ccccc4)cc(-c4ccccc4)n3)cc2)c2ccccc12)C(F)(F)C(F)(F)C(F)(F)C(F)(F)F.c1ccc(-c2cc(-c3ccccc3)nc(-c3ccc(-c4ccc(-c5ccc(-c6cccc7cccnc67)cc5)c5ccccc45)cc3)n2)cc1. The molecule has 126 heavy (non-hydrogen) atoms. The van der Waals surface area contributed by atoms with E-state index in [2.05, 4.69) is 230 Å². The Hall–Kier alpha value is -14.3. The Morgan fingerprint density at radius 2 is 0.603 bits per heavy atom. The van der Waals surface area contributed by atoms with Crippen molar-refractivity contribution in [1.82, 2.24) is 29.9 Å². The number of halogens is 9. The third kappa shape index (κ3) is 16.6. The van der Waals surface area contributed by atoms with Gasteiger partial charge >= 0.3 is 40.5 Å². The third-order valence-corrected chi connectivity index (χ3v) is 23.9. The van der Waals surface area contributed by atoms with Gasteiger partial charge in [0.15, 0.2) is 17.4 Å². The smallest absolute Gasteiger partial charge is 0.399 e. The fraction of sp³-hybridized carbons (Fsp3) is 0.0962. The van der Waals surface area contributed by atoms with E-state index >= 15 is 0 Å². The van der Waals surface area contributed by atoms with E-state index in [1.807, 2.05) is 128 Å². The zero-order valence-electron chi connectivity index (χ0n) is 67.9. The standard InChI is InChI=1S/C47H31N3.C36H21F9N2O3S.C21H22BNO2/c1-3-11-35(12-4-1)44-31-45(36-13-5-2-6-14-36)50-47(49-44)38-26-24-33(25-27-38)40-29-28-39(42-17-7-8-18-43(40)42)32-20-22-34(23-21-32)41-19-9-15-37-16-10-30-48-46(37)41;37-33(38,35(41,42)43)34(39,40)36(44,45)51(48,49)50-31-20-19-26(27-13-7-8-14-28(27)31)22-15-17-25(18-16-22)32-46-29(23-9-3-1-4-10-23)21-30(47-32)24-11-5-2-6-12-24;1-20(2)21(3,4)25-22(24-20)17-12-10-15(11-13-17)18-9-5-7-16-8-6-14-23-19(16)18/h1-31H;1-21H;5-14H,1-4H3. The predicted molar refractivity (Wildman–Crippen MR) is 482 cm³/mol. The average Bonchev–Trinajstić information content (AvgIpc) is 0.842. The van der Waals surface area contributed by atoms with Gasteiger partial charge in [-0.3, -0.25) is 9.97 Å². The van der Waals surface area contributed by atoms with Crippen molar-refractivity contribution in [2.75, 3.05) is 0 Å². The summed E-state index contributed by atoms with van der Waals surface area (Å²) in [6.45, 7) is 8.29. The first-order chi connectivity index (χ1) is 60.6. The van der Waals surface area contributed by atoms with Crippen LogP contribution >= 0.6 is 0 Å². The average molecular weight is 1700 g/mol. The van der Waals surface area contributed by atoms with Crippen molar-refractivity contribution in [3.8, 4) is 129 Å². The lowest BCUT2D eigenvalue weighted by Crippen LogP contribution is -2.63. The van der Waals surface area contributed by atoms with E-state index < -0.39 is 39.1 Å². The summed E-state index contributed by atoms with van der Waals surface area (Å²) in [6, 6.07) is 117. The molecule has 0 bridgehead atoms. The fourth-order valence-corrected chi connectivity index (χ4v) is 16.1. The number of pyridine rings is 2. The van der Waals surface area contributed by atoms with Crippen molar-refractivity contribution in [2.45, 2.75) is 62.2 Å². The Kier molecular flexibility index (Phi) is 22.7. The maximum absolute atomic E-state index is 14.4. The highest BCUT2D eigenvalue weighted by Gasteiger charge is 2.86. The molecule has 14 aromatic carbocycles. The molecule has 11 nitrogen and oxygen atoms in total. The van der Waals surface area contributed by atoms with Crippen LogP contribution in [-0.4, -0.2) is 79.9 Å². The second kappa shape index (κ2) is 34.1. The van der Waals surface area contributed by atoms with Crippen molar-refractivity contribution in [3.05, 3.63) is 376 Å². The van der Waals surface area contributed by atoms with Crippen LogP contribution in [0.15, 0.2) is 376 Å². The minimum absolute atomic E-state index is 0.141. The van der Waals surface area contributed by atoms with Gasteiger partial charge in [-0.1, -0.05) is 328 Å². The molecule has 0 N–H and O–H groups in total. The molecule has 5 heterocycles. The summed E-state index contributed by atoms with van der Waals surface area (Å²) in [4.78, 5) is 28.8. The molecule has 0 spiro atoms. The molecule has 0 atom stereocenters. The van der Waals surface area contributed by atoms with Gasteiger partial charge in [-0.25, -0.2) is 19.9 Å². The van der Waals surface area contributed by atoms with Crippen LogP contribution in [0.25, 0.3) is 167 Å². The number of para-hydroxylation sites is 2. The maximum Gasteiger partial charge on any atom is 0.494 e. The van der Waals surface area contributed by atoms with Crippen LogP contribution in [0.2, 0.25) is 0 Å². The minimum Gasteiger partial charge on any atom is -0.399 e. The molecule has 0 amide bonds. The van der Waals surface area contributed by atoms with Gasteiger partial charge in [-0.15, -0.1) is 0 Å². The Morgan fingerprint density at radius 3 is 0.960 bits per heavy atom. The minimum atomic E-state index is -7.43. The second-order valence-electron chi connectivity index (χ2n) is 31.2. The molecule has 0 saturated carbocycles. The Morgan fingerprint density at radius 1 is 0.302 bits per heavy atom.